The molecular weight excluding hydrogens is 568 g/mol. The third kappa shape index (κ3) is 7.19. The van der Waals surface area contributed by atoms with Crippen LogP contribution in [0.2, 0.25) is 0 Å². The summed E-state index contributed by atoms with van der Waals surface area (Å²) in [4.78, 5) is 32.7. The maximum atomic E-state index is 13.3. The molecule has 1 aliphatic heterocycles. The van der Waals surface area contributed by atoms with Crippen LogP contribution in [-0.4, -0.2) is 45.7 Å². The first kappa shape index (κ1) is 31.8. The van der Waals surface area contributed by atoms with Crippen molar-refractivity contribution in [2.45, 2.75) is 79.6 Å². The van der Waals surface area contributed by atoms with Crippen molar-refractivity contribution in [1.82, 2.24) is 20.4 Å². The minimum Gasteiger partial charge on any atom is -0.488 e. The Balaban J connectivity index is 1.61. The van der Waals surface area contributed by atoms with Gasteiger partial charge in [-0.25, -0.2) is 4.79 Å². The maximum Gasteiger partial charge on any atom is 0.410 e. The molecule has 1 N–H and O–H groups in total. The second kappa shape index (κ2) is 13.1. The highest BCUT2D eigenvalue weighted by atomic mass is 16.6. The van der Waals surface area contributed by atoms with Crippen LogP contribution in [0.3, 0.4) is 0 Å². The number of hydrogen-bond donors (Lipinski definition) is 1. The minimum atomic E-state index is -0.598. The number of fused-ring (bicyclic) bond motifs is 1. The number of nitrogens with zero attached hydrogens (tertiary/aromatic N) is 3. The SMILES string of the molecule is CCNC(=O)c1noc(-c2cc(C(C)C)c(C)cc2OCc2ccccc2)c1-c1cnc2c(c1)CN(C(=O)OC(C)(C)C)CC2. The molecule has 1 aliphatic rings. The van der Waals surface area contributed by atoms with Crippen molar-refractivity contribution in [3.63, 3.8) is 0 Å². The van der Waals surface area contributed by atoms with E-state index in [-0.39, 0.29) is 23.6 Å². The Bertz CT molecular complexity index is 1690. The third-order valence-corrected chi connectivity index (χ3v) is 7.70. The monoisotopic (exact) mass is 610 g/mol. The lowest BCUT2D eigenvalue weighted by Gasteiger charge is -2.31. The van der Waals surface area contributed by atoms with Gasteiger partial charge in [-0.2, -0.15) is 0 Å². The molecule has 45 heavy (non-hydrogen) atoms. The van der Waals surface area contributed by atoms with Crippen LogP contribution in [0.5, 0.6) is 5.75 Å². The van der Waals surface area contributed by atoms with Gasteiger partial charge in [0.25, 0.3) is 5.91 Å². The summed E-state index contributed by atoms with van der Waals surface area (Å²) in [5, 5.41) is 7.14. The van der Waals surface area contributed by atoms with Crippen LogP contribution in [0, 0.1) is 6.92 Å². The molecule has 2 amide bonds. The van der Waals surface area contributed by atoms with Crippen molar-refractivity contribution in [1.29, 1.82) is 0 Å². The van der Waals surface area contributed by atoms with Gasteiger partial charge in [-0.1, -0.05) is 49.3 Å². The molecule has 0 fully saturated rings. The van der Waals surface area contributed by atoms with E-state index in [1.54, 1.807) is 11.1 Å². The summed E-state index contributed by atoms with van der Waals surface area (Å²) < 4.78 is 18.1. The van der Waals surface area contributed by atoms with E-state index in [1.807, 2.05) is 70.2 Å². The van der Waals surface area contributed by atoms with Crippen LogP contribution in [0.25, 0.3) is 22.5 Å². The Morgan fingerprint density at radius 2 is 1.87 bits per heavy atom. The van der Waals surface area contributed by atoms with Gasteiger partial charge in [0.15, 0.2) is 11.5 Å². The molecule has 9 nitrogen and oxygen atoms in total. The summed E-state index contributed by atoms with van der Waals surface area (Å²) >= 11 is 0. The van der Waals surface area contributed by atoms with Gasteiger partial charge < -0.3 is 24.2 Å². The number of carbonyl (C=O) groups is 2. The number of rotatable bonds is 8. The first-order valence-electron chi connectivity index (χ1n) is 15.5. The number of hydrogen-bond acceptors (Lipinski definition) is 7. The van der Waals surface area contributed by atoms with Crippen LogP contribution in [0.4, 0.5) is 4.79 Å². The Kier molecular flexibility index (Phi) is 9.27. The Labute approximate surface area is 264 Å². The number of ether oxygens (including phenoxy) is 2. The zero-order valence-electron chi connectivity index (χ0n) is 27.2. The van der Waals surface area contributed by atoms with E-state index in [0.717, 1.165) is 27.9 Å². The predicted molar refractivity (Wildman–Crippen MR) is 173 cm³/mol. The molecule has 4 aromatic rings. The van der Waals surface area contributed by atoms with E-state index < -0.39 is 5.60 Å². The number of nitrogens with one attached hydrogen (secondary N) is 1. The topological polar surface area (TPSA) is 107 Å². The Hall–Kier alpha value is -4.66. The van der Waals surface area contributed by atoms with Gasteiger partial charge in [0.1, 0.15) is 18.0 Å². The number of carbonyl (C=O) groups excluding carboxylic acids is 2. The lowest BCUT2D eigenvalue weighted by atomic mass is 9.91. The van der Waals surface area contributed by atoms with Gasteiger partial charge in [-0.3, -0.25) is 9.78 Å². The van der Waals surface area contributed by atoms with E-state index in [1.165, 1.54) is 0 Å². The Morgan fingerprint density at radius 1 is 1.11 bits per heavy atom. The largest absolute Gasteiger partial charge is 0.488 e. The van der Waals surface area contributed by atoms with E-state index in [9.17, 15) is 9.59 Å². The number of aryl methyl sites for hydroxylation is 1. The highest BCUT2D eigenvalue weighted by Gasteiger charge is 2.30. The van der Waals surface area contributed by atoms with Crippen LogP contribution in [0.1, 0.15) is 85.9 Å². The summed E-state index contributed by atoms with van der Waals surface area (Å²) in [7, 11) is 0. The van der Waals surface area contributed by atoms with Crippen LogP contribution in [-0.2, 0) is 24.3 Å². The second-order valence-corrected chi connectivity index (χ2v) is 12.7. The normalized spacial score (nSPS) is 13.0. The number of pyridine rings is 1. The predicted octanol–water partition coefficient (Wildman–Crippen LogP) is 7.46. The smallest absolute Gasteiger partial charge is 0.410 e. The average molecular weight is 611 g/mol. The molecule has 3 heterocycles. The first-order chi connectivity index (χ1) is 21.4. The zero-order valence-corrected chi connectivity index (χ0v) is 27.2. The van der Waals surface area contributed by atoms with E-state index in [2.05, 4.69) is 37.3 Å². The number of aromatic nitrogens is 2. The van der Waals surface area contributed by atoms with Crippen molar-refractivity contribution in [3.8, 4) is 28.2 Å². The summed E-state index contributed by atoms with van der Waals surface area (Å²) in [6.07, 6.45) is 1.98. The summed E-state index contributed by atoms with van der Waals surface area (Å²) in [6.45, 7) is 15.4. The van der Waals surface area contributed by atoms with Gasteiger partial charge in [-0.05, 0) is 81.0 Å². The molecule has 0 saturated carbocycles. The zero-order chi connectivity index (χ0) is 32.3. The maximum absolute atomic E-state index is 13.3. The van der Waals surface area contributed by atoms with Crippen LogP contribution >= 0.6 is 0 Å². The molecule has 9 heteroatoms. The molecule has 0 bridgehead atoms. The lowest BCUT2D eigenvalue weighted by Crippen LogP contribution is -2.40. The second-order valence-electron chi connectivity index (χ2n) is 12.7. The molecule has 0 saturated heterocycles. The molecule has 0 atom stereocenters. The lowest BCUT2D eigenvalue weighted by molar-refractivity contribution is 0.0222. The fourth-order valence-corrected chi connectivity index (χ4v) is 5.54. The van der Waals surface area contributed by atoms with E-state index in [4.69, 9.17) is 19.0 Å². The fourth-order valence-electron chi connectivity index (χ4n) is 5.54. The molecule has 0 unspecified atom stereocenters. The first-order valence-corrected chi connectivity index (χ1v) is 15.5. The van der Waals surface area contributed by atoms with Gasteiger partial charge in [0.2, 0.25) is 0 Å². The number of amides is 2. The molecular formula is C36H42N4O5. The molecule has 2 aromatic carbocycles. The average Bonchev–Trinajstić information content (AvgIpc) is 3.44. The molecule has 2 aromatic heterocycles. The van der Waals surface area contributed by atoms with Gasteiger partial charge in [0.05, 0.1) is 17.7 Å². The quantitative estimate of drug-likeness (QED) is 0.221. The highest BCUT2D eigenvalue weighted by molar-refractivity contribution is 6.02. The van der Waals surface area contributed by atoms with Gasteiger partial charge in [-0.15, -0.1) is 0 Å². The molecule has 236 valence electrons. The fraction of sp³-hybridized carbons (Fsp3) is 0.389. The van der Waals surface area contributed by atoms with E-state index in [0.29, 0.717) is 60.9 Å². The molecule has 0 radical (unpaired) electrons. The number of benzene rings is 2. The summed E-state index contributed by atoms with van der Waals surface area (Å²) in [6, 6.07) is 16.0. The third-order valence-electron chi connectivity index (χ3n) is 7.70. The van der Waals surface area contributed by atoms with Crippen molar-refractivity contribution in [2.75, 3.05) is 13.1 Å². The molecule has 0 spiro atoms. The summed E-state index contributed by atoms with van der Waals surface area (Å²) in [5.41, 5.74) is 6.50. The Morgan fingerprint density at radius 3 is 2.56 bits per heavy atom. The summed E-state index contributed by atoms with van der Waals surface area (Å²) in [5.74, 6) is 0.939. The van der Waals surface area contributed by atoms with Gasteiger partial charge >= 0.3 is 6.09 Å². The standard InChI is InChI=1S/C36H42N4O5/c1-8-37-34(41)32-31(25-17-26-20-40(15-14-29(26)38-19-25)35(42)44-36(5,6)7)33(45-39-32)28-18-27(22(2)3)23(4)16-30(28)43-21-24-12-10-9-11-13-24/h9-13,16-19,22H,8,14-15,20-21H2,1-7H3,(H,37,41). The molecule has 5 rings (SSSR count). The van der Waals surface area contributed by atoms with Gasteiger partial charge in [0, 0.05) is 37.0 Å². The minimum absolute atomic E-state index is 0.161. The highest BCUT2D eigenvalue weighted by Crippen LogP contribution is 2.42. The van der Waals surface area contributed by atoms with E-state index >= 15 is 0 Å². The van der Waals surface area contributed by atoms with Crippen LogP contribution < -0.4 is 10.1 Å². The van der Waals surface area contributed by atoms with Crippen LogP contribution in [0.15, 0.2) is 59.3 Å². The molecule has 0 aliphatic carbocycles. The van der Waals surface area contributed by atoms with Crippen molar-refractivity contribution in [2.24, 2.45) is 0 Å². The van der Waals surface area contributed by atoms with Crippen molar-refractivity contribution in [3.05, 3.63) is 88.4 Å². The van der Waals surface area contributed by atoms with Crippen molar-refractivity contribution < 1.29 is 23.6 Å². The van der Waals surface area contributed by atoms with Crippen molar-refractivity contribution >= 4 is 12.0 Å².